The molecule has 0 aromatic heterocycles. The van der Waals surface area contributed by atoms with Crippen LogP contribution in [0.3, 0.4) is 0 Å². The van der Waals surface area contributed by atoms with Gasteiger partial charge in [0.05, 0.1) is 10.6 Å². The van der Waals surface area contributed by atoms with Crippen LogP contribution in [0, 0.1) is 6.92 Å². The molecule has 0 bridgehead atoms. The lowest BCUT2D eigenvalue weighted by molar-refractivity contribution is -0.119. The Morgan fingerprint density at radius 1 is 0.971 bits per heavy atom. The molecule has 1 amide bonds. The van der Waals surface area contributed by atoms with Gasteiger partial charge in [-0.05, 0) is 73.8 Å². The maximum atomic E-state index is 13.6. The Kier molecular flexibility index (Phi) is 8.11. The van der Waals surface area contributed by atoms with Crippen molar-refractivity contribution in [2.24, 2.45) is 0 Å². The van der Waals surface area contributed by atoms with Gasteiger partial charge < -0.3 is 5.32 Å². The quantitative estimate of drug-likeness (QED) is 0.450. The molecule has 0 aliphatic carbocycles. The van der Waals surface area contributed by atoms with E-state index in [1.807, 2.05) is 18.2 Å². The number of nitrogens with one attached hydrogen (secondary N) is 1. The zero-order valence-electron chi connectivity index (χ0n) is 19.8. The molecular weight excluding hydrogens is 482 g/mol. The van der Waals surface area contributed by atoms with Gasteiger partial charge >= 0.3 is 0 Å². The number of sulfonamides is 1. The van der Waals surface area contributed by atoms with Gasteiger partial charge in [-0.15, -0.1) is 0 Å². The van der Waals surface area contributed by atoms with Gasteiger partial charge in [0.15, 0.2) is 0 Å². The number of carbonyl (C=O) groups is 1. The molecule has 1 heterocycles. The Morgan fingerprint density at radius 2 is 1.63 bits per heavy atom. The van der Waals surface area contributed by atoms with Gasteiger partial charge in [0.1, 0.15) is 6.54 Å². The Bertz CT molecular complexity index is 1280. The average Bonchev–Trinajstić information content (AvgIpc) is 3.37. The minimum atomic E-state index is -3.99. The summed E-state index contributed by atoms with van der Waals surface area (Å²) in [4.78, 5) is 15.6. The van der Waals surface area contributed by atoms with Crippen LogP contribution < -0.4 is 9.62 Å². The van der Waals surface area contributed by atoms with E-state index in [0.29, 0.717) is 22.8 Å². The molecule has 4 rings (SSSR count). The predicted molar refractivity (Wildman–Crippen MR) is 140 cm³/mol. The highest BCUT2D eigenvalue weighted by Crippen LogP contribution is 2.29. The van der Waals surface area contributed by atoms with Crippen molar-refractivity contribution in [3.05, 3.63) is 94.5 Å². The van der Waals surface area contributed by atoms with Crippen LogP contribution in [-0.4, -0.2) is 38.9 Å². The minimum absolute atomic E-state index is 0.114. The summed E-state index contributed by atoms with van der Waals surface area (Å²) < 4.78 is 28.2. The molecule has 184 valence electrons. The Morgan fingerprint density at radius 3 is 2.34 bits per heavy atom. The molecule has 3 aromatic carbocycles. The third kappa shape index (κ3) is 6.23. The van der Waals surface area contributed by atoms with Crippen LogP contribution in [0.4, 0.5) is 5.69 Å². The molecule has 0 atom stereocenters. The zero-order chi connectivity index (χ0) is 24.8. The van der Waals surface area contributed by atoms with E-state index < -0.39 is 10.0 Å². The van der Waals surface area contributed by atoms with Crippen LogP contribution in [0.25, 0.3) is 0 Å². The highest BCUT2D eigenvalue weighted by molar-refractivity contribution is 7.92. The van der Waals surface area contributed by atoms with Crippen molar-refractivity contribution in [2.45, 2.75) is 37.8 Å². The molecule has 3 aromatic rings. The molecule has 35 heavy (non-hydrogen) atoms. The number of hydrogen-bond donors (Lipinski definition) is 1. The molecule has 0 saturated carbocycles. The molecule has 8 heteroatoms. The van der Waals surface area contributed by atoms with E-state index in [-0.39, 0.29) is 17.3 Å². The maximum Gasteiger partial charge on any atom is 0.264 e. The van der Waals surface area contributed by atoms with E-state index in [0.717, 1.165) is 29.5 Å². The number of likely N-dealkylation sites (tertiary alicyclic amines) is 1. The highest BCUT2D eigenvalue weighted by Gasteiger charge is 2.28. The van der Waals surface area contributed by atoms with Gasteiger partial charge in [-0.1, -0.05) is 60.1 Å². The second-order valence-electron chi connectivity index (χ2n) is 8.78. The van der Waals surface area contributed by atoms with Crippen LogP contribution in [0.15, 0.2) is 77.7 Å². The number of benzene rings is 3. The molecule has 1 fully saturated rings. The Hall–Kier alpha value is -2.87. The van der Waals surface area contributed by atoms with Crippen molar-refractivity contribution in [1.29, 1.82) is 0 Å². The summed E-state index contributed by atoms with van der Waals surface area (Å²) in [6.45, 7) is 4.80. The van der Waals surface area contributed by atoms with Gasteiger partial charge in [-0.2, -0.15) is 0 Å². The van der Waals surface area contributed by atoms with Crippen molar-refractivity contribution >= 4 is 33.2 Å². The summed E-state index contributed by atoms with van der Waals surface area (Å²) in [7, 11) is -3.99. The first-order chi connectivity index (χ1) is 16.8. The molecule has 6 nitrogen and oxygen atoms in total. The van der Waals surface area contributed by atoms with E-state index in [2.05, 4.69) is 16.3 Å². The van der Waals surface area contributed by atoms with Crippen LogP contribution in [-0.2, 0) is 27.9 Å². The van der Waals surface area contributed by atoms with Gasteiger partial charge in [0.2, 0.25) is 5.91 Å². The number of nitrogens with zero attached hydrogens (tertiary/aromatic N) is 2. The number of aryl methyl sites for hydroxylation is 1. The van der Waals surface area contributed by atoms with Gasteiger partial charge in [-0.25, -0.2) is 8.42 Å². The van der Waals surface area contributed by atoms with Gasteiger partial charge in [0.25, 0.3) is 10.0 Å². The SMILES string of the molecule is Cc1ccc(Cl)cc1N(CC(=O)NCc1ccccc1CN1CCCC1)S(=O)(=O)c1ccccc1. The Labute approximate surface area is 212 Å². The summed E-state index contributed by atoms with van der Waals surface area (Å²) in [5, 5.41) is 3.32. The molecule has 1 N–H and O–H groups in total. The van der Waals surface area contributed by atoms with Crippen LogP contribution >= 0.6 is 11.6 Å². The largest absolute Gasteiger partial charge is 0.350 e. The summed E-state index contributed by atoms with van der Waals surface area (Å²) in [6, 6.07) is 21.2. The highest BCUT2D eigenvalue weighted by atomic mass is 35.5. The lowest BCUT2D eigenvalue weighted by Crippen LogP contribution is -2.41. The normalized spacial score (nSPS) is 14.1. The van der Waals surface area contributed by atoms with Crippen molar-refractivity contribution in [3.8, 4) is 0 Å². The fourth-order valence-electron chi connectivity index (χ4n) is 4.32. The molecule has 0 unspecified atom stereocenters. The van der Waals surface area contributed by atoms with Gasteiger partial charge in [-0.3, -0.25) is 14.0 Å². The lowest BCUT2D eigenvalue weighted by Gasteiger charge is -2.26. The van der Waals surface area contributed by atoms with Crippen molar-refractivity contribution in [1.82, 2.24) is 10.2 Å². The number of halogens is 1. The molecular formula is C27H30ClN3O3S. The van der Waals surface area contributed by atoms with Crippen LogP contribution in [0.2, 0.25) is 5.02 Å². The monoisotopic (exact) mass is 511 g/mol. The standard InChI is InChI=1S/C27H30ClN3O3S/c1-21-13-14-24(28)17-26(21)31(35(33,34)25-11-3-2-4-12-25)20-27(32)29-18-22-9-5-6-10-23(22)19-30-15-7-8-16-30/h2-6,9-14,17H,7-8,15-16,18-20H2,1H3,(H,29,32). The van der Waals surface area contributed by atoms with E-state index in [1.165, 1.54) is 30.5 Å². The molecule has 1 aliphatic rings. The van der Waals surface area contributed by atoms with E-state index >= 15 is 0 Å². The summed E-state index contributed by atoms with van der Waals surface area (Å²) in [5.41, 5.74) is 3.29. The fourth-order valence-corrected chi connectivity index (χ4v) is 5.98. The van der Waals surface area contributed by atoms with Crippen molar-refractivity contribution < 1.29 is 13.2 Å². The third-order valence-electron chi connectivity index (χ3n) is 6.25. The topological polar surface area (TPSA) is 69.7 Å². The first kappa shape index (κ1) is 25.2. The van der Waals surface area contributed by atoms with Gasteiger partial charge in [0, 0.05) is 18.1 Å². The number of hydrogen-bond acceptors (Lipinski definition) is 4. The average molecular weight is 512 g/mol. The summed E-state index contributed by atoms with van der Waals surface area (Å²) >= 11 is 6.20. The first-order valence-electron chi connectivity index (χ1n) is 11.7. The predicted octanol–water partition coefficient (Wildman–Crippen LogP) is 4.76. The molecule has 1 aliphatic heterocycles. The van der Waals surface area contributed by atoms with Crippen molar-refractivity contribution in [3.63, 3.8) is 0 Å². The molecule has 0 radical (unpaired) electrons. The van der Waals surface area contributed by atoms with E-state index in [9.17, 15) is 13.2 Å². The van der Waals surface area contributed by atoms with Crippen LogP contribution in [0.5, 0.6) is 0 Å². The zero-order valence-corrected chi connectivity index (χ0v) is 21.4. The van der Waals surface area contributed by atoms with E-state index in [4.69, 9.17) is 11.6 Å². The molecule has 0 spiro atoms. The first-order valence-corrected chi connectivity index (χ1v) is 13.6. The third-order valence-corrected chi connectivity index (χ3v) is 8.25. The second kappa shape index (κ2) is 11.2. The number of carbonyl (C=O) groups excluding carboxylic acids is 1. The minimum Gasteiger partial charge on any atom is -0.350 e. The smallest absolute Gasteiger partial charge is 0.264 e. The van der Waals surface area contributed by atoms with E-state index in [1.54, 1.807) is 43.3 Å². The van der Waals surface area contributed by atoms with Crippen LogP contribution in [0.1, 0.15) is 29.5 Å². The number of rotatable bonds is 9. The summed E-state index contributed by atoms with van der Waals surface area (Å²) in [6.07, 6.45) is 2.43. The summed E-state index contributed by atoms with van der Waals surface area (Å²) in [5.74, 6) is -0.389. The maximum absolute atomic E-state index is 13.6. The Balaban J connectivity index is 1.54. The fraction of sp³-hybridized carbons (Fsp3) is 0.296. The number of amides is 1. The molecule has 1 saturated heterocycles. The number of anilines is 1. The second-order valence-corrected chi connectivity index (χ2v) is 11.1. The lowest BCUT2D eigenvalue weighted by atomic mass is 10.1. The van der Waals surface area contributed by atoms with Crippen molar-refractivity contribution in [2.75, 3.05) is 23.9 Å².